The van der Waals surface area contributed by atoms with Crippen LogP contribution in [-0.2, 0) is 0 Å². The number of benzene rings is 1. The molecule has 1 saturated heterocycles. The van der Waals surface area contributed by atoms with Crippen molar-refractivity contribution < 1.29 is 0 Å². The Labute approximate surface area is 138 Å². The maximum Gasteiger partial charge on any atom is 0.00669 e. The minimum Gasteiger partial charge on any atom is -0.301 e. The first-order chi connectivity index (χ1) is 10.7. The molecule has 1 heterocycles. The van der Waals surface area contributed by atoms with Gasteiger partial charge in [0.25, 0.3) is 0 Å². The van der Waals surface area contributed by atoms with Gasteiger partial charge < -0.3 is 4.90 Å². The predicted octanol–water partition coefficient (Wildman–Crippen LogP) is 5.92. The third-order valence-electron chi connectivity index (χ3n) is 5.39. The monoisotopic (exact) mass is 301 g/mol. The van der Waals surface area contributed by atoms with Crippen LogP contribution in [0.3, 0.4) is 0 Å². The van der Waals surface area contributed by atoms with Crippen LogP contribution in [0.25, 0.3) is 0 Å². The van der Waals surface area contributed by atoms with Crippen LogP contribution in [0.1, 0.15) is 82.3 Å². The highest BCUT2D eigenvalue weighted by molar-refractivity contribution is 5.25. The molecule has 0 N–H and O–H groups in total. The minimum atomic E-state index is 0.778. The molecular weight excluding hydrogens is 266 g/mol. The summed E-state index contributed by atoms with van der Waals surface area (Å²) in [6.45, 7) is 9.51. The largest absolute Gasteiger partial charge is 0.301 e. The van der Waals surface area contributed by atoms with Gasteiger partial charge in [0.2, 0.25) is 0 Å². The molecule has 1 unspecified atom stereocenters. The van der Waals surface area contributed by atoms with Crippen LogP contribution in [0, 0.1) is 6.92 Å². The molecule has 22 heavy (non-hydrogen) atoms. The second-order valence-corrected chi connectivity index (χ2v) is 7.28. The van der Waals surface area contributed by atoms with Crippen molar-refractivity contribution in [1.29, 1.82) is 0 Å². The van der Waals surface area contributed by atoms with Gasteiger partial charge in [0.05, 0.1) is 0 Å². The lowest BCUT2D eigenvalue weighted by Gasteiger charge is -2.36. The molecule has 0 saturated carbocycles. The Morgan fingerprint density at radius 2 is 1.82 bits per heavy atom. The number of hydrogen-bond donors (Lipinski definition) is 0. The first-order valence-corrected chi connectivity index (χ1v) is 9.51. The molecule has 124 valence electrons. The lowest BCUT2D eigenvalue weighted by molar-refractivity contribution is 0.153. The highest BCUT2D eigenvalue weighted by Crippen LogP contribution is 2.29. The van der Waals surface area contributed by atoms with Gasteiger partial charge in [-0.05, 0) is 57.7 Å². The summed E-state index contributed by atoms with van der Waals surface area (Å²) in [6, 6.07) is 9.91. The zero-order valence-electron chi connectivity index (χ0n) is 15.0. The molecule has 0 amide bonds. The molecule has 1 aromatic carbocycles. The summed E-state index contributed by atoms with van der Waals surface area (Å²) in [4.78, 5) is 2.73. The Balaban J connectivity index is 1.70. The summed E-state index contributed by atoms with van der Waals surface area (Å²) in [5, 5.41) is 0. The first-order valence-electron chi connectivity index (χ1n) is 9.51. The van der Waals surface area contributed by atoms with Crippen molar-refractivity contribution in [1.82, 2.24) is 4.90 Å². The number of nitrogens with zero attached hydrogens (tertiary/aromatic N) is 1. The maximum atomic E-state index is 2.73. The van der Waals surface area contributed by atoms with E-state index in [-0.39, 0.29) is 0 Å². The zero-order valence-corrected chi connectivity index (χ0v) is 15.0. The Kier molecular flexibility index (Phi) is 7.45. The topological polar surface area (TPSA) is 3.24 Å². The highest BCUT2D eigenvalue weighted by Gasteiger charge is 2.23. The number of unbranched alkanes of at least 4 members (excludes halogenated alkanes) is 4. The smallest absolute Gasteiger partial charge is 0.00669 e. The summed E-state index contributed by atoms with van der Waals surface area (Å²) in [7, 11) is 0. The van der Waals surface area contributed by atoms with E-state index < -0.39 is 0 Å². The fourth-order valence-electron chi connectivity index (χ4n) is 3.82. The van der Waals surface area contributed by atoms with E-state index in [0.29, 0.717) is 0 Å². The number of piperidine rings is 1. The first kappa shape index (κ1) is 17.5. The zero-order chi connectivity index (χ0) is 15.8. The fourth-order valence-corrected chi connectivity index (χ4v) is 3.82. The molecule has 1 aliphatic rings. The Morgan fingerprint density at radius 1 is 1.09 bits per heavy atom. The average Bonchev–Trinajstić information content (AvgIpc) is 2.54. The second kappa shape index (κ2) is 9.35. The standard InChI is InChI=1S/C21H35N/c1-4-5-6-7-8-11-19(3)22-15-13-20(14-16-22)21-12-9-10-18(2)17-21/h9-10,12,17,19-20H,4-8,11,13-16H2,1-3H3. The average molecular weight is 302 g/mol. The number of rotatable bonds is 8. The van der Waals surface area contributed by atoms with Crippen molar-refractivity contribution in [2.45, 2.75) is 84.1 Å². The lowest BCUT2D eigenvalue weighted by Crippen LogP contribution is -2.39. The number of aryl methyl sites for hydroxylation is 1. The van der Waals surface area contributed by atoms with Crippen LogP contribution < -0.4 is 0 Å². The summed E-state index contributed by atoms with van der Waals surface area (Å²) >= 11 is 0. The van der Waals surface area contributed by atoms with Gasteiger partial charge in [0.1, 0.15) is 0 Å². The third kappa shape index (κ3) is 5.43. The quantitative estimate of drug-likeness (QED) is 0.538. The van der Waals surface area contributed by atoms with Gasteiger partial charge in [-0.25, -0.2) is 0 Å². The van der Waals surface area contributed by atoms with E-state index in [1.165, 1.54) is 70.0 Å². The van der Waals surface area contributed by atoms with Crippen LogP contribution >= 0.6 is 0 Å². The van der Waals surface area contributed by atoms with Crippen LogP contribution in [0.15, 0.2) is 24.3 Å². The van der Waals surface area contributed by atoms with E-state index in [1.54, 1.807) is 5.56 Å². The molecule has 1 atom stereocenters. The van der Waals surface area contributed by atoms with E-state index in [9.17, 15) is 0 Å². The number of hydrogen-bond acceptors (Lipinski definition) is 1. The molecule has 1 aromatic rings. The molecule has 0 radical (unpaired) electrons. The van der Waals surface area contributed by atoms with Gasteiger partial charge in [-0.2, -0.15) is 0 Å². The van der Waals surface area contributed by atoms with Crippen molar-refractivity contribution >= 4 is 0 Å². The molecule has 1 nitrogen and oxygen atoms in total. The van der Waals surface area contributed by atoms with Crippen molar-refractivity contribution in [3.05, 3.63) is 35.4 Å². The van der Waals surface area contributed by atoms with Crippen LogP contribution in [0.2, 0.25) is 0 Å². The van der Waals surface area contributed by atoms with Gasteiger partial charge in [0.15, 0.2) is 0 Å². The molecule has 0 aliphatic carbocycles. The van der Waals surface area contributed by atoms with Gasteiger partial charge in [-0.15, -0.1) is 0 Å². The molecule has 1 aliphatic heterocycles. The summed E-state index contributed by atoms with van der Waals surface area (Å²) in [5.41, 5.74) is 2.97. The molecule has 0 spiro atoms. The molecule has 1 fully saturated rings. The van der Waals surface area contributed by atoms with Crippen molar-refractivity contribution in [2.75, 3.05) is 13.1 Å². The Hall–Kier alpha value is -0.820. The van der Waals surface area contributed by atoms with Crippen LogP contribution in [0.4, 0.5) is 0 Å². The molecule has 1 heteroatoms. The Bertz CT molecular complexity index is 418. The predicted molar refractivity (Wildman–Crippen MR) is 97.6 cm³/mol. The second-order valence-electron chi connectivity index (χ2n) is 7.28. The van der Waals surface area contributed by atoms with Gasteiger partial charge in [-0.1, -0.05) is 68.9 Å². The maximum absolute atomic E-state index is 2.73. The summed E-state index contributed by atoms with van der Waals surface area (Å²) < 4.78 is 0. The van der Waals surface area contributed by atoms with E-state index in [1.807, 2.05) is 0 Å². The van der Waals surface area contributed by atoms with E-state index in [4.69, 9.17) is 0 Å². The lowest BCUT2D eigenvalue weighted by atomic mass is 9.88. The SMILES string of the molecule is CCCCCCCC(C)N1CCC(c2cccc(C)c2)CC1. The van der Waals surface area contributed by atoms with E-state index in [0.717, 1.165) is 12.0 Å². The van der Waals surface area contributed by atoms with Gasteiger partial charge >= 0.3 is 0 Å². The van der Waals surface area contributed by atoms with Crippen molar-refractivity contribution in [3.8, 4) is 0 Å². The summed E-state index contributed by atoms with van der Waals surface area (Å²) in [6.07, 6.45) is 11.1. The molecule has 0 aromatic heterocycles. The van der Waals surface area contributed by atoms with E-state index in [2.05, 4.69) is 49.9 Å². The van der Waals surface area contributed by atoms with Gasteiger partial charge in [0, 0.05) is 6.04 Å². The number of likely N-dealkylation sites (tertiary alicyclic amines) is 1. The van der Waals surface area contributed by atoms with Crippen LogP contribution in [0.5, 0.6) is 0 Å². The molecule has 2 rings (SSSR count). The third-order valence-corrected chi connectivity index (χ3v) is 5.39. The normalized spacial score (nSPS) is 18.5. The fraction of sp³-hybridized carbons (Fsp3) is 0.714. The van der Waals surface area contributed by atoms with E-state index >= 15 is 0 Å². The van der Waals surface area contributed by atoms with Crippen molar-refractivity contribution in [3.63, 3.8) is 0 Å². The van der Waals surface area contributed by atoms with Crippen molar-refractivity contribution in [2.24, 2.45) is 0 Å². The summed E-state index contributed by atoms with van der Waals surface area (Å²) in [5.74, 6) is 0.785. The molecule has 0 bridgehead atoms. The van der Waals surface area contributed by atoms with Gasteiger partial charge in [-0.3, -0.25) is 0 Å². The molecular formula is C21H35N. The highest BCUT2D eigenvalue weighted by atomic mass is 15.2. The minimum absolute atomic E-state index is 0.778. The Morgan fingerprint density at radius 3 is 2.50 bits per heavy atom. The van der Waals surface area contributed by atoms with Crippen LogP contribution in [-0.4, -0.2) is 24.0 Å².